The number of halogens is 2. The van der Waals surface area contributed by atoms with Crippen molar-refractivity contribution in [2.75, 3.05) is 20.2 Å². The third kappa shape index (κ3) is 1.89. The van der Waals surface area contributed by atoms with Crippen LogP contribution in [0, 0.1) is 12.7 Å². The summed E-state index contributed by atoms with van der Waals surface area (Å²) in [6, 6.07) is 1.83. The third-order valence-corrected chi connectivity index (χ3v) is 3.54. The summed E-state index contributed by atoms with van der Waals surface area (Å²) in [6.45, 7) is 3.63. The van der Waals surface area contributed by atoms with Gasteiger partial charge in [-0.2, -0.15) is 0 Å². The first-order valence-corrected chi connectivity index (χ1v) is 5.76. The molecular formula is C12H15ClFNO. The lowest BCUT2D eigenvalue weighted by atomic mass is 9.95. The second kappa shape index (κ2) is 4.60. The fraction of sp³-hybridized carbons (Fsp3) is 0.500. The average molecular weight is 244 g/mol. The summed E-state index contributed by atoms with van der Waals surface area (Å²) in [5.74, 6) is 0.0835. The van der Waals surface area contributed by atoms with E-state index in [1.54, 1.807) is 0 Å². The van der Waals surface area contributed by atoms with Gasteiger partial charge in [0.05, 0.1) is 12.1 Å². The lowest BCUT2D eigenvalue weighted by molar-refractivity contribution is 0.382. The van der Waals surface area contributed by atoms with E-state index in [9.17, 15) is 4.39 Å². The highest BCUT2D eigenvalue weighted by atomic mass is 35.5. The van der Waals surface area contributed by atoms with Gasteiger partial charge in [0.2, 0.25) is 0 Å². The van der Waals surface area contributed by atoms with Crippen LogP contribution in [0.5, 0.6) is 5.75 Å². The predicted molar refractivity (Wildman–Crippen MR) is 62.9 cm³/mol. The molecular weight excluding hydrogens is 229 g/mol. The number of hydrogen-bond acceptors (Lipinski definition) is 2. The topological polar surface area (TPSA) is 21.3 Å². The quantitative estimate of drug-likeness (QED) is 0.863. The first-order valence-electron chi connectivity index (χ1n) is 5.38. The fourth-order valence-corrected chi connectivity index (χ4v) is 2.38. The zero-order valence-corrected chi connectivity index (χ0v) is 10.2. The summed E-state index contributed by atoms with van der Waals surface area (Å²) in [5.41, 5.74) is 1.57. The SMILES string of the molecule is COc1c(F)c(C2CCNC2)cc(C)c1Cl. The van der Waals surface area contributed by atoms with Crippen LogP contribution in [0.3, 0.4) is 0 Å². The first kappa shape index (κ1) is 11.7. The zero-order valence-electron chi connectivity index (χ0n) is 9.44. The largest absolute Gasteiger partial charge is 0.492 e. The van der Waals surface area contributed by atoms with Gasteiger partial charge in [-0.3, -0.25) is 0 Å². The number of nitrogens with one attached hydrogen (secondary N) is 1. The van der Waals surface area contributed by atoms with Gasteiger partial charge < -0.3 is 10.1 Å². The van der Waals surface area contributed by atoms with E-state index < -0.39 is 0 Å². The predicted octanol–water partition coefficient (Wildman–Crippen LogP) is 2.87. The molecule has 4 heteroatoms. The van der Waals surface area contributed by atoms with Gasteiger partial charge in [-0.15, -0.1) is 0 Å². The molecule has 0 aliphatic carbocycles. The molecule has 1 aliphatic heterocycles. The number of ether oxygens (including phenoxy) is 1. The molecule has 88 valence electrons. The molecule has 1 aliphatic rings. The lowest BCUT2D eigenvalue weighted by Gasteiger charge is -2.15. The molecule has 1 heterocycles. The summed E-state index contributed by atoms with van der Waals surface area (Å²) in [7, 11) is 1.44. The summed E-state index contributed by atoms with van der Waals surface area (Å²) in [6.07, 6.45) is 0.959. The molecule has 1 fully saturated rings. The van der Waals surface area contributed by atoms with Gasteiger partial charge in [-0.25, -0.2) is 4.39 Å². The molecule has 16 heavy (non-hydrogen) atoms. The highest BCUT2D eigenvalue weighted by Crippen LogP contribution is 2.37. The Morgan fingerprint density at radius 1 is 1.56 bits per heavy atom. The van der Waals surface area contributed by atoms with Crippen molar-refractivity contribution < 1.29 is 9.13 Å². The molecule has 1 saturated heterocycles. The van der Waals surface area contributed by atoms with Crippen molar-refractivity contribution in [3.8, 4) is 5.75 Å². The van der Waals surface area contributed by atoms with Gasteiger partial charge in [0.25, 0.3) is 0 Å². The van der Waals surface area contributed by atoms with Crippen molar-refractivity contribution in [2.45, 2.75) is 19.3 Å². The normalized spacial score (nSPS) is 20.1. The minimum Gasteiger partial charge on any atom is -0.492 e. The molecule has 0 aromatic heterocycles. The maximum absolute atomic E-state index is 14.1. The molecule has 1 unspecified atom stereocenters. The van der Waals surface area contributed by atoms with Crippen LogP contribution in [0.1, 0.15) is 23.5 Å². The fourth-order valence-electron chi connectivity index (χ4n) is 2.16. The number of benzene rings is 1. The minimum atomic E-state index is -0.313. The van der Waals surface area contributed by atoms with Gasteiger partial charge in [0, 0.05) is 12.5 Å². The van der Waals surface area contributed by atoms with E-state index in [4.69, 9.17) is 16.3 Å². The number of hydrogen-bond donors (Lipinski definition) is 1. The second-order valence-electron chi connectivity index (χ2n) is 4.13. The molecule has 0 bridgehead atoms. The van der Waals surface area contributed by atoms with E-state index in [0.29, 0.717) is 10.6 Å². The first-order chi connectivity index (χ1) is 7.65. The highest BCUT2D eigenvalue weighted by Gasteiger charge is 2.24. The van der Waals surface area contributed by atoms with Crippen LogP contribution in [-0.4, -0.2) is 20.2 Å². The Bertz CT molecular complexity index is 402. The summed E-state index contributed by atoms with van der Waals surface area (Å²) in [4.78, 5) is 0. The maximum Gasteiger partial charge on any atom is 0.173 e. The summed E-state index contributed by atoms with van der Waals surface area (Å²) < 4.78 is 19.2. The van der Waals surface area contributed by atoms with Crippen LogP contribution in [0.2, 0.25) is 5.02 Å². The van der Waals surface area contributed by atoms with Crippen molar-refractivity contribution >= 4 is 11.6 Å². The molecule has 1 aromatic carbocycles. The molecule has 0 spiro atoms. The molecule has 1 N–H and O–H groups in total. The van der Waals surface area contributed by atoms with Gasteiger partial charge in [0.1, 0.15) is 0 Å². The number of rotatable bonds is 2. The summed E-state index contributed by atoms with van der Waals surface area (Å²) >= 11 is 6.00. The highest BCUT2D eigenvalue weighted by molar-refractivity contribution is 6.32. The van der Waals surface area contributed by atoms with Crippen LogP contribution in [0.15, 0.2) is 6.07 Å². The third-order valence-electron chi connectivity index (χ3n) is 3.07. The van der Waals surface area contributed by atoms with Crippen LogP contribution in [0.4, 0.5) is 4.39 Å². The van der Waals surface area contributed by atoms with Crippen molar-refractivity contribution in [1.82, 2.24) is 5.32 Å². The second-order valence-corrected chi connectivity index (χ2v) is 4.51. The Balaban J connectivity index is 2.49. The molecule has 0 amide bonds. The molecule has 2 nitrogen and oxygen atoms in total. The Morgan fingerprint density at radius 3 is 2.88 bits per heavy atom. The average Bonchev–Trinajstić information content (AvgIpc) is 2.77. The van der Waals surface area contributed by atoms with Crippen LogP contribution in [0.25, 0.3) is 0 Å². The molecule has 0 radical (unpaired) electrons. The van der Waals surface area contributed by atoms with E-state index in [0.717, 1.165) is 25.1 Å². The van der Waals surface area contributed by atoms with Crippen molar-refractivity contribution in [2.24, 2.45) is 0 Å². The van der Waals surface area contributed by atoms with Gasteiger partial charge in [-0.1, -0.05) is 17.7 Å². The zero-order chi connectivity index (χ0) is 11.7. The minimum absolute atomic E-state index is 0.170. The van der Waals surface area contributed by atoms with Gasteiger partial charge >= 0.3 is 0 Å². The molecule has 1 aromatic rings. The van der Waals surface area contributed by atoms with E-state index in [-0.39, 0.29) is 17.5 Å². The van der Waals surface area contributed by atoms with Gasteiger partial charge in [-0.05, 0) is 31.0 Å². The Kier molecular flexibility index (Phi) is 3.36. The van der Waals surface area contributed by atoms with Gasteiger partial charge in [0.15, 0.2) is 11.6 Å². The molecule has 0 saturated carbocycles. The van der Waals surface area contributed by atoms with E-state index in [2.05, 4.69) is 5.32 Å². The van der Waals surface area contributed by atoms with E-state index in [1.165, 1.54) is 7.11 Å². The standard InChI is InChI=1S/C12H15ClFNO/c1-7-5-9(8-3-4-15-6-8)11(14)12(16-2)10(7)13/h5,8,15H,3-4,6H2,1-2H3. The number of aryl methyl sites for hydroxylation is 1. The van der Waals surface area contributed by atoms with Crippen molar-refractivity contribution in [3.63, 3.8) is 0 Å². The van der Waals surface area contributed by atoms with Crippen molar-refractivity contribution in [3.05, 3.63) is 28.0 Å². The van der Waals surface area contributed by atoms with E-state index >= 15 is 0 Å². The van der Waals surface area contributed by atoms with Crippen molar-refractivity contribution in [1.29, 1.82) is 0 Å². The summed E-state index contributed by atoms with van der Waals surface area (Å²) in [5, 5.41) is 3.60. The Morgan fingerprint density at radius 2 is 2.31 bits per heavy atom. The lowest BCUT2D eigenvalue weighted by Crippen LogP contribution is -2.10. The maximum atomic E-state index is 14.1. The molecule has 1 atom stereocenters. The Labute approximate surface area is 99.7 Å². The number of methoxy groups -OCH3 is 1. The molecule has 2 rings (SSSR count). The van der Waals surface area contributed by atoms with Crippen LogP contribution < -0.4 is 10.1 Å². The van der Waals surface area contributed by atoms with Crippen LogP contribution in [-0.2, 0) is 0 Å². The monoisotopic (exact) mass is 243 g/mol. The van der Waals surface area contributed by atoms with Crippen LogP contribution >= 0.6 is 11.6 Å². The Hall–Kier alpha value is -0.800. The van der Waals surface area contributed by atoms with E-state index in [1.807, 2.05) is 13.0 Å². The smallest absolute Gasteiger partial charge is 0.173 e.